The number of hydrogen-bond acceptors (Lipinski definition) is 6. The average molecular weight is 767 g/mol. The van der Waals surface area contributed by atoms with Crippen LogP contribution in [0.2, 0.25) is 0 Å². The number of carbonyl (C=O) groups excluding carboxylic acids is 3. The van der Waals surface area contributed by atoms with Gasteiger partial charge in [-0.2, -0.15) is 0 Å². The minimum absolute atomic E-state index is 0.104. The van der Waals surface area contributed by atoms with Crippen LogP contribution in [0.25, 0.3) is 0 Å². The van der Waals surface area contributed by atoms with Crippen molar-refractivity contribution < 1.29 is 28.6 Å². The van der Waals surface area contributed by atoms with Gasteiger partial charge in [-0.1, -0.05) is 184 Å². The maximum absolute atomic E-state index is 12.7. The third kappa shape index (κ3) is 41.8. The number of allylic oxidation sites excluding steroid dienone is 12. The molecule has 0 saturated heterocycles. The highest BCUT2D eigenvalue weighted by molar-refractivity contribution is 5.71. The first-order valence-electron chi connectivity index (χ1n) is 22.4. The maximum atomic E-state index is 12.7. The highest BCUT2D eigenvalue weighted by atomic mass is 16.6. The van der Waals surface area contributed by atoms with Crippen molar-refractivity contribution in [3.05, 3.63) is 72.9 Å². The molecule has 0 aromatic carbocycles. The lowest BCUT2D eigenvalue weighted by molar-refractivity contribution is -0.166. The average Bonchev–Trinajstić information content (AvgIpc) is 3.18. The number of rotatable bonds is 39. The van der Waals surface area contributed by atoms with E-state index in [1.807, 2.05) is 12.2 Å². The summed E-state index contributed by atoms with van der Waals surface area (Å²) in [5.74, 6) is -1.01. The Bertz CT molecular complexity index is 1070. The lowest BCUT2D eigenvalue weighted by atomic mass is 10.1. The van der Waals surface area contributed by atoms with E-state index < -0.39 is 6.10 Å². The molecule has 0 aromatic rings. The number of hydrogen-bond donors (Lipinski definition) is 0. The van der Waals surface area contributed by atoms with Crippen LogP contribution in [0, 0.1) is 0 Å². The minimum Gasteiger partial charge on any atom is -0.462 e. The first kappa shape index (κ1) is 51.9. The molecule has 0 rings (SSSR count). The molecule has 0 aromatic heterocycles. The molecule has 0 heterocycles. The van der Waals surface area contributed by atoms with Gasteiger partial charge in [-0.15, -0.1) is 0 Å². The summed E-state index contributed by atoms with van der Waals surface area (Å²) in [5.41, 5.74) is 0. The van der Waals surface area contributed by atoms with E-state index in [0.29, 0.717) is 19.3 Å². The second-order valence-electron chi connectivity index (χ2n) is 14.6. The molecule has 0 fully saturated rings. The van der Waals surface area contributed by atoms with Crippen molar-refractivity contribution >= 4 is 17.9 Å². The van der Waals surface area contributed by atoms with Crippen LogP contribution in [0.5, 0.6) is 0 Å². The van der Waals surface area contributed by atoms with Gasteiger partial charge in [0.25, 0.3) is 0 Å². The molecule has 1 atom stereocenters. The SMILES string of the molecule is CC/C=C\C/C=C\C/C=C\C/C=C\C/C=C\CCC(=O)OCC(COC(=O)CCCCCC/C=C\CCCC)OC(=O)CCCCCCCCCCCCC. The van der Waals surface area contributed by atoms with Crippen LogP contribution in [0.4, 0.5) is 0 Å². The minimum atomic E-state index is -0.804. The van der Waals surface area contributed by atoms with E-state index in [2.05, 4.69) is 81.5 Å². The molecule has 6 nitrogen and oxygen atoms in total. The van der Waals surface area contributed by atoms with Gasteiger partial charge in [-0.25, -0.2) is 0 Å². The van der Waals surface area contributed by atoms with Crippen LogP contribution in [0.3, 0.4) is 0 Å². The smallest absolute Gasteiger partial charge is 0.306 e. The van der Waals surface area contributed by atoms with Gasteiger partial charge >= 0.3 is 17.9 Å². The van der Waals surface area contributed by atoms with Gasteiger partial charge in [0.1, 0.15) is 13.2 Å². The normalized spacial score (nSPS) is 12.7. The van der Waals surface area contributed by atoms with E-state index in [9.17, 15) is 14.4 Å². The molecule has 1 unspecified atom stereocenters. The first-order valence-corrected chi connectivity index (χ1v) is 22.4. The number of unbranched alkanes of at least 4 members (excludes halogenated alkanes) is 16. The molecule has 0 amide bonds. The van der Waals surface area contributed by atoms with Crippen molar-refractivity contribution in [2.75, 3.05) is 13.2 Å². The molecular weight excluding hydrogens is 685 g/mol. The Morgan fingerprint density at radius 1 is 0.382 bits per heavy atom. The largest absolute Gasteiger partial charge is 0.462 e. The monoisotopic (exact) mass is 767 g/mol. The molecule has 314 valence electrons. The molecule has 6 heteroatoms. The third-order valence-electron chi connectivity index (χ3n) is 9.21. The Balaban J connectivity index is 4.49. The summed E-state index contributed by atoms with van der Waals surface area (Å²) in [5, 5.41) is 0. The highest BCUT2D eigenvalue weighted by Crippen LogP contribution is 2.13. The highest BCUT2D eigenvalue weighted by Gasteiger charge is 2.19. The van der Waals surface area contributed by atoms with Crippen LogP contribution in [-0.4, -0.2) is 37.2 Å². The Labute approximate surface area is 338 Å². The second kappa shape index (κ2) is 43.6. The molecule has 55 heavy (non-hydrogen) atoms. The molecular formula is C49H82O6. The number of ether oxygens (including phenoxy) is 3. The van der Waals surface area contributed by atoms with Crippen LogP contribution in [-0.2, 0) is 28.6 Å². The fourth-order valence-corrected chi connectivity index (χ4v) is 5.82. The standard InChI is InChI=1S/C49H82O6/c1-4-7-10-13-16-19-22-23-24-25-26-28-30-33-36-39-42-48(51)54-45-46(44-53-47(50)41-38-35-32-29-21-18-15-12-9-6-3)55-49(52)43-40-37-34-31-27-20-17-14-11-8-5-2/h7,10,15-16,18-19,23-24,26,28,33,36,46H,4-6,8-9,11-14,17,20-22,25,27,29-32,34-35,37-45H2,1-3H3/b10-7-,18-15-,19-16-,24-23-,28-26-,36-33-. The van der Waals surface area contributed by atoms with E-state index >= 15 is 0 Å². The van der Waals surface area contributed by atoms with Gasteiger partial charge in [-0.05, 0) is 70.6 Å². The number of esters is 3. The van der Waals surface area contributed by atoms with Crippen LogP contribution in [0.15, 0.2) is 72.9 Å². The quantitative estimate of drug-likeness (QED) is 0.0268. The van der Waals surface area contributed by atoms with Gasteiger partial charge in [0.05, 0.1) is 0 Å². The number of carbonyl (C=O) groups is 3. The summed E-state index contributed by atoms with van der Waals surface area (Å²) >= 11 is 0. The van der Waals surface area contributed by atoms with E-state index in [1.165, 1.54) is 64.2 Å². The van der Waals surface area contributed by atoms with Crippen LogP contribution >= 0.6 is 0 Å². The van der Waals surface area contributed by atoms with Gasteiger partial charge in [0.15, 0.2) is 6.10 Å². The van der Waals surface area contributed by atoms with Gasteiger partial charge in [0, 0.05) is 19.3 Å². The molecule has 0 spiro atoms. The summed E-state index contributed by atoms with van der Waals surface area (Å²) in [7, 11) is 0. The van der Waals surface area contributed by atoms with Crippen molar-refractivity contribution in [1.29, 1.82) is 0 Å². The molecule has 0 radical (unpaired) electrons. The summed E-state index contributed by atoms with van der Waals surface area (Å²) < 4.78 is 16.6. The summed E-state index contributed by atoms with van der Waals surface area (Å²) in [6, 6.07) is 0. The Hall–Kier alpha value is -3.15. The van der Waals surface area contributed by atoms with E-state index in [0.717, 1.165) is 89.9 Å². The van der Waals surface area contributed by atoms with Crippen LogP contribution in [0.1, 0.15) is 201 Å². The van der Waals surface area contributed by atoms with E-state index in [1.54, 1.807) is 0 Å². The summed E-state index contributed by atoms with van der Waals surface area (Å²) in [6.45, 7) is 6.37. The molecule has 0 aliphatic heterocycles. The zero-order chi connectivity index (χ0) is 40.1. The second-order valence-corrected chi connectivity index (χ2v) is 14.6. The van der Waals surface area contributed by atoms with Crippen LogP contribution < -0.4 is 0 Å². The van der Waals surface area contributed by atoms with Crippen molar-refractivity contribution in [1.82, 2.24) is 0 Å². The lowest BCUT2D eigenvalue weighted by Gasteiger charge is -2.18. The Kier molecular flexibility index (Phi) is 41.1. The van der Waals surface area contributed by atoms with Crippen molar-refractivity contribution in [3.8, 4) is 0 Å². The Morgan fingerprint density at radius 2 is 0.764 bits per heavy atom. The topological polar surface area (TPSA) is 78.9 Å². The van der Waals surface area contributed by atoms with Gasteiger partial charge in [-0.3, -0.25) is 14.4 Å². The first-order chi connectivity index (χ1) is 27.0. The van der Waals surface area contributed by atoms with Crippen molar-refractivity contribution in [2.24, 2.45) is 0 Å². The van der Waals surface area contributed by atoms with Crippen molar-refractivity contribution in [2.45, 2.75) is 207 Å². The summed E-state index contributed by atoms with van der Waals surface area (Å²) in [4.78, 5) is 37.6. The van der Waals surface area contributed by atoms with Gasteiger partial charge < -0.3 is 14.2 Å². The third-order valence-corrected chi connectivity index (χ3v) is 9.21. The molecule has 0 aliphatic carbocycles. The molecule has 0 saturated carbocycles. The Morgan fingerprint density at radius 3 is 1.27 bits per heavy atom. The van der Waals surface area contributed by atoms with Gasteiger partial charge in [0.2, 0.25) is 0 Å². The zero-order valence-corrected chi connectivity index (χ0v) is 35.7. The zero-order valence-electron chi connectivity index (χ0n) is 35.7. The molecule has 0 N–H and O–H groups in total. The maximum Gasteiger partial charge on any atom is 0.306 e. The molecule has 0 aliphatic rings. The fourth-order valence-electron chi connectivity index (χ4n) is 5.82. The van der Waals surface area contributed by atoms with E-state index in [4.69, 9.17) is 14.2 Å². The lowest BCUT2D eigenvalue weighted by Crippen LogP contribution is -2.30. The fraction of sp³-hybridized carbons (Fsp3) is 0.694. The predicted octanol–water partition coefficient (Wildman–Crippen LogP) is 14.3. The molecule has 0 bridgehead atoms. The summed E-state index contributed by atoms with van der Waals surface area (Å²) in [6.07, 6.45) is 53.2. The van der Waals surface area contributed by atoms with E-state index in [-0.39, 0.29) is 37.5 Å². The van der Waals surface area contributed by atoms with Crippen molar-refractivity contribution in [3.63, 3.8) is 0 Å². The predicted molar refractivity (Wildman–Crippen MR) is 233 cm³/mol.